The first kappa shape index (κ1) is 18.3. The number of halogens is 1. The summed E-state index contributed by atoms with van der Waals surface area (Å²) in [6, 6.07) is 18.2. The van der Waals surface area contributed by atoms with E-state index in [2.05, 4.69) is 21.2 Å². The van der Waals surface area contributed by atoms with Gasteiger partial charge in [0.15, 0.2) is 16.5 Å². The highest BCUT2D eigenvalue weighted by molar-refractivity contribution is 9.10. The van der Waals surface area contributed by atoms with E-state index in [9.17, 15) is 9.59 Å². The highest BCUT2D eigenvalue weighted by atomic mass is 79.9. The molecule has 0 radical (unpaired) electrons. The third-order valence-corrected chi connectivity index (χ3v) is 4.83. The fraction of sp³-hybridized carbons (Fsp3) is 0.143. The number of furan rings is 1. The largest absolute Gasteiger partial charge is 0.479 e. The Hall–Kier alpha value is -3.06. The van der Waals surface area contributed by atoms with Crippen LogP contribution in [0.15, 0.2) is 69.8 Å². The molecule has 6 nitrogen and oxygen atoms in total. The molecule has 0 spiro atoms. The molecule has 1 unspecified atom stereocenters. The molecule has 142 valence electrons. The number of benzene rings is 2. The molecule has 1 atom stereocenters. The SMILES string of the molecule is CC1Oc2ccc(NC(=O)c3ccc(Br)o3)cc2N(Cc2ccccc2)C1=O. The van der Waals surface area contributed by atoms with Crippen molar-refractivity contribution in [1.82, 2.24) is 0 Å². The number of carbonyl (C=O) groups is 2. The molecule has 7 heteroatoms. The molecule has 2 amide bonds. The van der Waals surface area contributed by atoms with Crippen LogP contribution in [0.5, 0.6) is 5.75 Å². The Kier molecular flexibility index (Phi) is 4.92. The molecule has 3 aromatic rings. The van der Waals surface area contributed by atoms with E-state index in [1.54, 1.807) is 42.2 Å². The van der Waals surface area contributed by atoms with Gasteiger partial charge in [0.25, 0.3) is 11.8 Å². The molecule has 1 aromatic heterocycles. The lowest BCUT2D eigenvalue weighted by atomic mass is 10.1. The molecule has 0 fully saturated rings. The van der Waals surface area contributed by atoms with Gasteiger partial charge in [-0.05, 0) is 58.7 Å². The Morgan fingerprint density at radius 3 is 2.64 bits per heavy atom. The van der Waals surface area contributed by atoms with Crippen LogP contribution in [0.25, 0.3) is 0 Å². The summed E-state index contributed by atoms with van der Waals surface area (Å²) in [7, 11) is 0. The van der Waals surface area contributed by atoms with Crippen molar-refractivity contribution in [2.24, 2.45) is 0 Å². The van der Waals surface area contributed by atoms with Gasteiger partial charge in [0.2, 0.25) is 0 Å². The van der Waals surface area contributed by atoms with Gasteiger partial charge in [0.05, 0.1) is 12.2 Å². The molecule has 4 rings (SSSR count). The molecule has 2 aromatic carbocycles. The van der Waals surface area contributed by atoms with Crippen LogP contribution in [0.4, 0.5) is 11.4 Å². The minimum absolute atomic E-state index is 0.130. The van der Waals surface area contributed by atoms with Crippen LogP contribution in [0.1, 0.15) is 23.0 Å². The first-order valence-corrected chi connectivity index (χ1v) is 9.53. The summed E-state index contributed by atoms with van der Waals surface area (Å²) >= 11 is 3.18. The lowest BCUT2D eigenvalue weighted by molar-refractivity contribution is -0.125. The summed E-state index contributed by atoms with van der Waals surface area (Å²) in [6.45, 7) is 2.15. The zero-order valence-corrected chi connectivity index (χ0v) is 16.6. The van der Waals surface area contributed by atoms with Gasteiger partial charge in [0, 0.05) is 5.69 Å². The van der Waals surface area contributed by atoms with Crippen LogP contribution < -0.4 is 15.0 Å². The van der Waals surface area contributed by atoms with E-state index in [4.69, 9.17) is 9.15 Å². The molecule has 28 heavy (non-hydrogen) atoms. The fourth-order valence-electron chi connectivity index (χ4n) is 3.04. The number of fused-ring (bicyclic) bond motifs is 1. The lowest BCUT2D eigenvalue weighted by Crippen LogP contribution is -2.44. The second-order valence-electron chi connectivity index (χ2n) is 6.41. The van der Waals surface area contributed by atoms with Crippen molar-refractivity contribution in [1.29, 1.82) is 0 Å². The molecule has 0 aliphatic carbocycles. The van der Waals surface area contributed by atoms with Gasteiger partial charge in [-0.1, -0.05) is 30.3 Å². The molecular weight excluding hydrogens is 424 g/mol. The van der Waals surface area contributed by atoms with E-state index in [0.717, 1.165) is 5.56 Å². The number of nitrogens with zero attached hydrogens (tertiary/aromatic N) is 1. The van der Waals surface area contributed by atoms with Crippen LogP contribution in [-0.4, -0.2) is 17.9 Å². The van der Waals surface area contributed by atoms with Crippen molar-refractivity contribution < 1.29 is 18.7 Å². The van der Waals surface area contributed by atoms with Gasteiger partial charge in [0.1, 0.15) is 5.75 Å². The van der Waals surface area contributed by atoms with E-state index >= 15 is 0 Å². The molecule has 0 saturated carbocycles. The van der Waals surface area contributed by atoms with E-state index in [1.165, 1.54) is 0 Å². The average Bonchev–Trinajstić information content (AvgIpc) is 3.13. The maximum absolute atomic E-state index is 12.7. The maximum atomic E-state index is 12.7. The maximum Gasteiger partial charge on any atom is 0.291 e. The minimum atomic E-state index is -0.572. The monoisotopic (exact) mass is 440 g/mol. The molecule has 2 heterocycles. The van der Waals surface area contributed by atoms with Crippen LogP contribution in [0.2, 0.25) is 0 Å². The van der Waals surface area contributed by atoms with E-state index in [1.807, 2.05) is 30.3 Å². The number of anilines is 2. The van der Waals surface area contributed by atoms with Crippen molar-refractivity contribution >= 4 is 39.1 Å². The van der Waals surface area contributed by atoms with Gasteiger partial charge >= 0.3 is 0 Å². The van der Waals surface area contributed by atoms with Gasteiger partial charge in [-0.2, -0.15) is 0 Å². The molecule has 0 bridgehead atoms. The zero-order chi connectivity index (χ0) is 19.7. The van der Waals surface area contributed by atoms with Crippen LogP contribution in [0, 0.1) is 0 Å². The fourth-order valence-corrected chi connectivity index (χ4v) is 3.35. The number of carbonyl (C=O) groups excluding carboxylic acids is 2. The Morgan fingerprint density at radius 2 is 1.93 bits per heavy atom. The summed E-state index contributed by atoms with van der Waals surface area (Å²) in [5.41, 5.74) is 2.16. The normalized spacial score (nSPS) is 15.7. The number of nitrogens with one attached hydrogen (secondary N) is 1. The Labute approximate surface area is 170 Å². The van der Waals surface area contributed by atoms with Crippen molar-refractivity contribution in [3.8, 4) is 5.75 Å². The predicted octanol–water partition coefficient (Wildman–Crippen LogP) is 4.61. The smallest absolute Gasteiger partial charge is 0.291 e. The number of ether oxygens (including phenoxy) is 1. The summed E-state index contributed by atoms with van der Waals surface area (Å²) < 4.78 is 11.5. The second kappa shape index (κ2) is 7.52. The van der Waals surface area contributed by atoms with Crippen molar-refractivity contribution in [3.05, 3.63) is 76.7 Å². The first-order valence-electron chi connectivity index (χ1n) is 8.74. The molecule has 1 N–H and O–H groups in total. The number of hydrogen-bond donors (Lipinski definition) is 1. The van der Waals surface area contributed by atoms with E-state index in [-0.39, 0.29) is 17.6 Å². The summed E-state index contributed by atoms with van der Waals surface area (Å²) in [5, 5.41) is 2.79. The van der Waals surface area contributed by atoms with Gasteiger partial charge < -0.3 is 19.4 Å². The lowest BCUT2D eigenvalue weighted by Gasteiger charge is -2.33. The van der Waals surface area contributed by atoms with E-state index in [0.29, 0.717) is 28.3 Å². The third kappa shape index (κ3) is 3.66. The molecule has 1 aliphatic heterocycles. The molecular formula is C21H17BrN2O4. The quantitative estimate of drug-likeness (QED) is 0.642. The van der Waals surface area contributed by atoms with Gasteiger partial charge in [-0.15, -0.1) is 0 Å². The highest BCUT2D eigenvalue weighted by Gasteiger charge is 2.31. The van der Waals surface area contributed by atoms with Crippen molar-refractivity contribution in [2.75, 3.05) is 10.2 Å². The second-order valence-corrected chi connectivity index (χ2v) is 7.19. The minimum Gasteiger partial charge on any atom is -0.479 e. The van der Waals surface area contributed by atoms with Crippen molar-refractivity contribution in [2.45, 2.75) is 19.6 Å². The van der Waals surface area contributed by atoms with Gasteiger partial charge in [-0.3, -0.25) is 9.59 Å². The molecule has 1 aliphatic rings. The number of hydrogen-bond acceptors (Lipinski definition) is 4. The topological polar surface area (TPSA) is 71.8 Å². The highest BCUT2D eigenvalue weighted by Crippen LogP contribution is 2.37. The summed E-state index contributed by atoms with van der Waals surface area (Å²) in [4.78, 5) is 26.8. The van der Waals surface area contributed by atoms with Gasteiger partial charge in [-0.25, -0.2) is 0 Å². The Balaban J connectivity index is 1.63. The summed E-state index contributed by atoms with van der Waals surface area (Å²) in [6.07, 6.45) is -0.572. The standard InChI is InChI=1S/C21H17BrN2O4/c1-13-21(26)24(12-14-5-3-2-4-6-14)16-11-15(7-8-17(16)27-13)23-20(25)18-9-10-19(22)28-18/h2-11,13H,12H2,1H3,(H,23,25). The predicted molar refractivity (Wildman–Crippen MR) is 109 cm³/mol. The average molecular weight is 441 g/mol. The Morgan fingerprint density at radius 1 is 1.14 bits per heavy atom. The van der Waals surface area contributed by atoms with Crippen LogP contribution in [-0.2, 0) is 11.3 Å². The number of amides is 2. The van der Waals surface area contributed by atoms with Crippen LogP contribution >= 0.6 is 15.9 Å². The Bertz CT molecular complexity index is 1030. The van der Waals surface area contributed by atoms with Crippen molar-refractivity contribution in [3.63, 3.8) is 0 Å². The summed E-state index contributed by atoms with van der Waals surface area (Å²) in [5.74, 6) is 0.278. The molecule has 0 saturated heterocycles. The number of rotatable bonds is 4. The van der Waals surface area contributed by atoms with Crippen LogP contribution in [0.3, 0.4) is 0 Å². The first-order chi connectivity index (χ1) is 13.5. The van der Waals surface area contributed by atoms with E-state index < -0.39 is 6.10 Å². The zero-order valence-electron chi connectivity index (χ0n) is 15.0. The third-order valence-electron chi connectivity index (χ3n) is 4.41.